The quantitative estimate of drug-likeness (QED) is 0.677. The number of hydrogen-bond acceptors (Lipinski definition) is 2. The van der Waals surface area contributed by atoms with E-state index in [2.05, 4.69) is 4.98 Å². The van der Waals surface area contributed by atoms with E-state index in [0.717, 1.165) is 16.5 Å². The van der Waals surface area contributed by atoms with E-state index in [1.807, 2.05) is 13.0 Å². The van der Waals surface area contributed by atoms with E-state index in [-0.39, 0.29) is 11.5 Å². The predicted octanol–water partition coefficient (Wildman–Crippen LogP) is 2.38. The van der Waals surface area contributed by atoms with Crippen LogP contribution in [0.1, 0.15) is 23.0 Å². The molecule has 0 saturated heterocycles. The third kappa shape index (κ3) is 1.18. The van der Waals surface area contributed by atoms with Crippen LogP contribution in [0.2, 0.25) is 0 Å². The van der Waals surface area contributed by atoms with Gasteiger partial charge in [0.15, 0.2) is 5.78 Å². The summed E-state index contributed by atoms with van der Waals surface area (Å²) in [7, 11) is 0. The fourth-order valence-corrected chi connectivity index (χ4v) is 1.68. The topological polar surface area (TPSA) is 53.1 Å². The first-order chi connectivity index (χ1) is 6.59. The van der Waals surface area contributed by atoms with Gasteiger partial charge in [0, 0.05) is 23.9 Å². The van der Waals surface area contributed by atoms with Gasteiger partial charge in [-0.05, 0) is 24.6 Å². The van der Waals surface area contributed by atoms with Crippen LogP contribution in [-0.4, -0.2) is 15.9 Å². The summed E-state index contributed by atoms with van der Waals surface area (Å²) < 4.78 is 0. The second-order valence-corrected chi connectivity index (χ2v) is 3.41. The Balaban J connectivity index is 2.79. The Morgan fingerprint density at radius 2 is 2.14 bits per heavy atom. The Labute approximate surface area is 81.4 Å². The molecule has 0 bridgehead atoms. The molecule has 0 atom stereocenters. The van der Waals surface area contributed by atoms with E-state index in [4.69, 9.17) is 0 Å². The van der Waals surface area contributed by atoms with E-state index in [0.29, 0.717) is 5.69 Å². The van der Waals surface area contributed by atoms with Gasteiger partial charge in [-0.15, -0.1) is 0 Å². The number of fused-ring (bicyclic) bond motifs is 1. The highest BCUT2D eigenvalue weighted by molar-refractivity contribution is 6.01. The van der Waals surface area contributed by atoms with Crippen molar-refractivity contribution < 1.29 is 9.90 Å². The zero-order chi connectivity index (χ0) is 10.3. The lowest BCUT2D eigenvalue weighted by Crippen LogP contribution is -1.93. The Bertz CT molecular complexity index is 511. The standard InChI is InChI=1S/C11H11NO2/c1-6-9-4-3-8(14)5-10(9)12-11(6)7(2)13/h3-5,12,14H,1-2H3. The third-order valence-electron chi connectivity index (χ3n) is 2.39. The van der Waals surface area contributed by atoms with E-state index in [1.165, 1.54) is 6.92 Å². The summed E-state index contributed by atoms with van der Waals surface area (Å²) in [4.78, 5) is 14.2. The number of aromatic amines is 1. The highest BCUT2D eigenvalue weighted by Gasteiger charge is 2.10. The van der Waals surface area contributed by atoms with Crippen molar-refractivity contribution in [3.8, 4) is 5.75 Å². The monoisotopic (exact) mass is 189 g/mol. The number of phenolic OH excluding ortho intramolecular Hbond substituents is 1. The molecule has 0 amide bonds. The summed E-state index contributed by atoms with van der Waals surface area (Å²) in [6.07, 6.45) is 0. The molecule has 1 aromatic heterocycles. The molecule has 0 radical (unpaired) electrons. The van der Waals surface area contributed by atoms with Crippen molar-refractivity contribution >= 4 is 16.7 Å². The van der Waals surface area contributed by atoms with Gasteiger partial charge in [-0.2, -0.15) is 0 Å². The molecule has 3 heteroatoms. The Hall–Kier alpha value is -1.77. The summed E-state index contributed by atoms with van der Waals surface area (Å²) in [5, 5.41) is 10.2. The van der Waals surface area contributed by atoms with Gasteiger partial charge in [0.25, 0.3) is 0 Å². The molecule has 2 aromatic rings. The zero-order valence-corrected chi connectivity index (χ0v) is 8.09. The highest BCUT2D eigenvalue weighted by Crippen LogP contribution is 2.25. The third-order valence-corrected chi connectivity index (χ3v) is 2.39. The van der Waals surface area contributed by atoms with Crippen molar-refractivity contribution in [1.82, 2.24) is 4.98 Å². The van der Waals surface area contributed by atoms with Crippen molar-refractivity contribution in [3.63, 3.8) is 0 Å². The number of Topliss-reactive ketones (excluding diaryl/α,β-unsaturated/α-hetero) is 1. The lowest BCUT2D eigenvalue weighted by atomic mass is 10.1. The van der Waals surface area contributed by atoms with Crippen molar-refractivity contribution in [2.24, 2.45) is 0 Å². The fourth-order valence-electron chi connectivity index (χ4n) is 1.68. The fraction of sp³-hybridized carbons (Fsp3) is 0.182. The molecule has 0 unspecified atom stereocenters. The van der Waals surface area contributed by atoms with Crippen LogP contribution < -0.4 is 0 Å². The molecule has 14 heavy (non-hydrogen) atoms. The second-order valence-electron chi connectivity index (χ2n) is 3.41. The highest BCUT2D eigenvalue weighted by atomic mass is 16.3. The Morgan fingerprint density at radius 1 is 1.43 bits per heavy atom. The molecule has 0 fully saturated rings. The van der Waals surface area contributed by atoms with Gasteiger partial charge in [-0.1, -0.05) is 0 Å². The largest absolute Gasteiger partial charge is 0.508 e. The molecule has 1 heterocycles. The number of hydrogen-bond donors (Lipinski definition) is 2. The van der Waals surface area contributed by atoms with Gasteiger partial charge in [0.1, 0.15) is 5.75 Å². The van der Waals surface area contributed by atoms with E-state index in [1.54, 1.807) is 12.1 Å². The van der Waals surface area contributed by atoms with Crippen LogP contribution in [0.3, 0.4) is 0 Å². The Kier molecular flexibility index (Phi) is 1.81. The summed E-state index contributed by atoms with van der Waals surface area (Å²) in [6, 6.07) is 5.05. The molecule has 0 aliphatic heterocycles. The number of ketones is 1. The summed E-state index contributed by atoms with van der Waals surface area (Å²) in [5.74, 6) is 0.215. The lowest BCUT2D eigenvalue weighted by molar-refractivity contribution is 0.101. The number of aromatic nitrogens is 1. The minimum absolute atomic E-state index is 0.0122. The van der Waals surface area contributed by atoms with Gasteiger partial charge in [0.2, 0.25) is 0 Å². The molecular formula is C11H11NO2. The molecule has 0 aliphatic carbocycles. The van der Waals surface area contributed by atoms with Crippen LogP contribution in [0.15, 0.2) is 18.2 Å². The maximum absolute atomic E-state index is 11.2. The van der Waals surface area contributed by atoms with Gasteiger partial charge >= 0.3 is 0 Å². The SMILES string of the molecule is CC(=O)c1[nH]c2cc(O)ccc2c1C. The van der Waals surface area contributed by atoms with Crippen LogP contribution in [0.5, 0.6) is 5.75 Å². The minimum atomic E-state index is 0.0122. The number of benzene rings is 1. The van der Waals surface area contributed by atoms with Crippen molar-refractivity contribution in [3.05, 3.63) is 29.5 Å². The number of aromatic hydroxyl groups is 1. The first kappa shape index (κ1) is 8.81. The minimum Gasteiger partial charge on any atom is -0.508 e. The number of carbonyl (C=O) groups is 1. The maximum atomic E-state index is 11.2. The van der Waals surface area contributed by atoms with Gasteiger partial charge in [-0.3, -0.25) is 4.79 Å². The van der Waals surface area contributed by atoms with Gasteiger partial charge < -0.3 is 10.1 Å². The summed E-state index contributed by atoms with van der Waals surface area (Å²) in [6.45, 7) is 3.42. The van der Waals surface area contributed by atoms with E-state index < -0.39 is 0 Å². The van der Waals surface area contributed by atoms with Crippen LogP contribution >= 0.6 is 0 Å². The van der Waals surface area contributed by atoms with Crippen LogP contribution in [0.4, 0.5) is 0 Å². The number of aryl methyl sites for hydroxylation is 1. The van der Waals surface area contributed by atoms with Gasteiger partial charge in [0.05, 0.1) is 5.69 Å². The van der Waals surface area contributed by atoms with Crippen LogP contribution in [0, 0.1) is 6.92 Å². The molecule has 1 aromatic carbocycles. The smallest absolute Gasteiger partial charge is 0.176 e. The predicted molar refractivity (Wildman–Crippen MR) is 54.7 cm³/mol. The van der Waals surface area contributed by atoms with Crippen LogP contribution in [-0.2, 0) is 0 Å². The normalized spacial score (nSPS) is 10.7. The molecule has 3 nitrogen and oxygen atoms in total. The molecular weight excluding hydrogens is 178 g/mol. The van der Waals surface area contributed by atoms with E-state index in [9.17, 15) is 9.90 Å². The number of carbonyl (C=O) groups excluding carboxylic acids is 1. The second kappa shape index (κ2) is 2.87. The number of phenols is 1. The molecule has 2 rings (SSSR count). The lowest BCUT2D eigenvalue weighted by Gasteiger charge is -1.92. The number of H-pyrrole nitrogens is 1. The number of nitrogens with one attached hydrogen (secondary N) is 1. The maximum Gasteiger partial charge on any atom is 0.176 e. The molecule has 72 valence electrons. The first-order valence-corrected chi connectivity index (χ1v) is 4.42. The van der Waals surface area contributed by atoms with Crippen molar-refractivity contribution in [2.75, 3.05) is 0 Å². The summed E-state index contributed by atoms with van der Waals surface area (Å²) >= 11 is 0. The number of rotatable bonds is 1. The van der Waals surface area contributed by atoms with Gasteiger partial charge in [-0.25, -0.2) is 0 Å². The molecule has 0 aliphatic rings. The zero-order valence-electron chi connectivity index (χ0n) is 8.09. The van der Waals surface area contributed by atoms with Crippen LogP contribution in [0.25, 0.3) is 10.9 Å². The summed E-state index contributed by atoms with van der Waals surface area (Å²) in [5.41, 5.74) is 2.35. The average molecular weight is 189 g/mol. The average Bonchev–Trinajstić information content (AvgIpc) is 2.43. The Morgan fingerprint density at radius 3 is 2.79 bits per heavy atom. The molecule has 2 N–H and O–H groups in total. The van der Waals surface area contributed by atoms with Crippen molar-refractivity contribution in [2.45, 2.75) is 13.8 Å². The van der Waals surface area contributed by atoms with E-state index >= 15 is 0 Å². The molecule has 0 spiro atoms. The van der Waals surface area contributed by atoms with Crippen molar-refractivity contribution in [1.29, 1.82) is 0 Å². The molecule has 0 saturated carbocycles. The first-order valence-electron chi connectivity index (χ1n) is 4.42.